The summed E-state index contributed by atoms with van der Waals surface area (Å²) in [6.07, 6.45) is 10.9. The van der Waals surface area contributed by atoms with Gasteiger partial charge >= 0.3 is 0 Å². The minimum atomic E-state index is -1.52. The molecular weight excluding hydrogens is 224 g/mol. The van der Waals surface area contributed by atoms with Crippen LogP contribution in [0.4, 0.5) is 0 Å². The third kappa shape index (κ3) is 7.77. The summed E-state index contributed by atoms with van der Waals surface area (Å²) >= 11 is 0. The molecule has 0 aromatic carbocycles. The van der Waals surface area contributed by atoms with E-state index in [-0.39, 0.29) is 0 Å². The fourth-order valence-electron chi connectivity index (χ4n) is 1.35. The van der Waals surface area contributed by atoms with Gasteiger partial charge in [0.1, 0.15) is 0 Å². The van der Waals surface area contributed by atoms with Crippen molar-refractivity contribution in [1.29, 1.82) is 0 Å². The molecule has 0 radical (unpaired) electrons. The van der Waals surface area contributed by atoms with E-state index in [2.05, 4.69) is 52.9 Å². The first-order valence-corrected chi connectivity index (χ1v) is 10.0. The van der Waals surface area contributed by atoms with Crippen LogP contribution in [-0.4, -0.2) is 14.9 Å². The number of allylic oxidation sites excluding steroid dienone is 1. The van der Waals surface area contributed by atoms with Crippen molar-refractivity contribution in [2.45, 2.75) is 77.9 Å². The van der Waals surface area contributed by atoms with E-state index in [9.17, 15) is 0 Å². The molecule has 0 aromatic heterocycles. The van der Waals surface area contributed by atoms with Crippen LogP contribution in [0.15, 0.2) is 12.2 Å². The lowest BCUT2D eigenvalue weighted by Crippen LogP contribution is -2.40. The topological polar surface area (TPSA) is 9.23 Å². The van der Waals surface area contributed by atoms with Gasteiger partial charge in [0, 0.05) is 6.61 Å². The van der Waals surface area contributed by atoms with Gasteiger partial charge in [-0.25, -0.2) is 0 Å². The number of rotatable bonds is 8. The van der Waals surface area contributed by atoms with Gasteiger partial charge in [0.2, 0.25) is 0 Å². The van der Waals surface area contributed by atoms with Gasteiger partial charge in [-0.2, -0.15) is 0 Å². The lowest BCUT2D eigenvalue weighted by Gasteiger charge is -2.36. The summed E-state index contributed by atoms with van der Waals surface area (Å²) in [4.78, 5) is 0. The number of hydrogen-bond donors (Lipinski definition) is 0. The first-order chi connectivity index (χ1) is 7.81. The summed E-state index contributed by atoms with van der Waals surface area (Å²) in [6, 6.07) is 0. The zero-order valence-corrected chi connectivity index (χ0v) is 13.8. The molecule has 0 atom stereocenters. The van der Waals surface area contributed by atoms with E-state index in [1.165, 1.54) is 25.7 Å². The second kappa shape index (κ2) is 8.10. The van der Waals surface area contributed by atoms with Crippen molar-refractivity contribution in [1.82, 2.24) is 0 Å². The van der Waals surface area contributed by atoms with Crippen molar-refractivity contribution in [3.8, 4) is 0 Å². The molecule has 0 rings (SSSR count). The molecule has 0 fully saturated rings. The molecule has 0 aromatic rings. The van der Waals surface area contributed by atoms with Crippen molar-refractivity contribution in [3.63, 3.8) is 0 Å². The molecule has 0 spiro atoms. The van der Waals surface area contributed by atoms with Crippen LogP contribution in [0.5, 0.6) is 0 Å². The second-order valence-corrected chi connectivity index (χ2v) is 11.2. The standard InChI is InChI=1S/C15H32OSi/c1-7-8-9-10-11-12-13-14-16-17(5,6)15(2,3)4/h11-12H,7-10,13-14H2,1-6H3/b12-11-. The Labute approximate surface area is 110 Å². The fraction of sp³-hybridized carbons (Fsp3) is 0.867. The molecule has 0 unspecified atom stereocenters. The first-order valence-electron chi connectivity index (χ1n) is 7.10. The van der Waals surface area contributed by atoms with Crippen LogP contribution >= 0.6 is 0 Å². The van der Waals surface area contributed by atoms with Crippen molar-refractivity contribution in [2.75, 3.05) is 6.61 Å². The third-order valence-electron chi connectivity index (χ3n) is 3.69. The average Bonchev–Trinajstić information content (AvgIpc) is 2.20. The quantitative estimate of drug-likeness (QED) is 0.315. The predicted octanol–water partition coefficient (Wildman–Crippen LogP) is 5.53. The maximum Gasteiger partial charge on any atom is 0.191 e. The van der Waals surface area contributed by atoms with Gasteiger partial charge in [0.05, 0.1) is 0 Å². The maximum absolute atomic E-state index is 6.11. The van der Waals surface area contributed by atoms with E-state index >= 15 is 0 Å². The summed E-state index contributed by atoms with van der Waals surface area (Å²) in [6.45, 7) is 14.6. The van der Waals surface area contributed by atoms with E-state index < -0.39 is 8.32 Å². The lowest BCUT2D eigenvalue weighted by atomic mass is 10.2. The largest absolute Gasteiger partial charge is 0.417 e. The van der Waals surface area contributed by atoms with Gasteiger partial charge in [0.15, 0.2) is 8.32 Å². The smallest absolute Gasteiger partial charge is 0.191 e. The average molecular weight is 257 g/mol. The van der Waals surface area contributed by atoms with E-state index in [0.717, 1.165) is 13.0 Å². The number of hydrogen-bond acceptors (Lipinski definition) is 1. The molecule has 0 N–H and O–H groups in total. The lowest BCUT2D eigenvalue weighted by molar-refractivity contribution is 0.294. The minimum Gasteiger partial charge on any atom is -0.417 e. The van der Waals surface area contributed by atoms with Crippen LogP contribution in [-0.2, 0) is 4.43 Å². The highest BCUT2D eigenvalue weighted by Gasteiger charge is 2.36. The summed E-state index contributed by atoms with van der Waals surface area (Å²) in [5.41, 5.74) is 0. The van der Waals surface area contributed by atoms with Crippen LogP contribution in [0.1, 0.15) is 59.8 Å². The molecule has 0 amide bonds. The molecule has 0 aliphatic rings. The normalized spacial score (nSPS) is 13.5. The summed E-state index contributed by atoms with van der Waals surface area (Å²) in [7, 11) is -1.52. The summed E-state index contributed by atoms with van der Waals surface area (Å²) in [5, 5.41) is 0.331. The molecule has 17 heavy (non-hydrogen) atoms. The Morgan fingerprint density at radius 3 is 2.12 bits per heavy atom. The van der Waals surface area contributed by atoms with E-state index in [0.29, 0.717) is 5.04 Å². The highest BCUT2D eigenvalue weighted by atomic mass is 28.4. The SMILES string of the molecule is CCCCC/C=C\CCO[Si](C)(C)C(C)(C)C. The molecule has 102 valence electrons. The van der Waals surface area contributed by atoms with E-state index in [1.807, 2.05) is 0 Å². The molecular formula is C15H32OSi. The Kier molecular flexibility index (Phi) is 8.06. The van der Waals surface area contributed by atoms with Crippen LogP contribution in [0.25, 0.3) is 0 Å². The zero-order chi connectivity index (χ0) is 13.4. The Bertz CT molecular complexity index is 213. The molecule has 1 nitrogen and oxygen atoms in total. The Hall–Kier alpha value is -0.0831. The number of unbranched alkanes of at least 4 members (excludes halogenated alkanes) is 3. The van der Waals surface area contributed by atoms with Gasteiger partial charge in [-0.05, 0) is 37.4 Å². The fourth-order valence-corrected chi connectivity index (χ4v) is 2.41. The van der Waals surface area contributed by atoms with Crippen molar-refractivity contribution in [2.24, 2.45) is 0 Å². The Morgan fingerprint density at radius 2 is 1.59 bits per heavy atom. The van der Waals surface area contributed by atoms with Crippen molar-refractivity contribution < 1.29 is 4.43 Å². The monoisotopic (exact) mass is 256 g/mol. The van der Waals surface area contributed by atoms with Gasteiger partial charge in [-0.3, -0.25) is 0 Å². The Morgan fingerprint density at radius 1 is 1.00 bits per heavy atom. The third-order valence-corrected chi connectivity index (χ3v) is 8.23. The van der Waals surface area contributed by atoms with Gasteiger partial charge in [-0.15, -0.1) is 0 Å². The molecule has 0 saturated heterocycles. The van der Waals surface area contributed by atoms with Crippen LogP contribution in [0, 0.1) is 0 Å². The highest BCUT2D eigenvalue weighted by Crippen LogP contribution is 2.36. The molecule has 0 aliphatic heterocycles. The van der Waals surface area contributed by atoms with Crippen molar-refractivity contribution >= 4 is 8.32 Å². The first kappa shape index (κ1) is 16.9. The zero-order valence-electron chi connectivity index (χ0n) is 12.8. The summed E-state index contributed by atoms with van der Waals surface area (Å²) < 4.78 is 6.11. The second-order valence-electron chi connectivity index (χ2n) is 6.36. The van der Waals surface area contributed by atoms with Crippen LogP contribution < -0.4 is 0 Å². The molecule has 0 heterocycles. The van der Waals surface area contributed by atoms with Gasteiger partial charge in [-0.1, -0.05) is 52.7 Å². The summed E-state index contributed by atoms with van der Waals surface area (Å²) in [5.74, 6) is 0. The maximum atomic E-state index is 6.11. The van der Waals surface area contributed by atoms with Crippen LogP contribution in [0.2, 0.25) is 18.1 Å². The highest BCUT2D eigenvalue weighted by molar-refractivity contribution is 6.74. The van der Waals surface area contributed by atoms with Crippen LogP contribution in [0.3, 0.4) is 0 Å². The molecule has 0 bridgehead atoms. The van der Waals surface area contributed by atoms with E-state index in [4.69, 9.17) is 4.43 Å². The molecule has 0 saturated carbocycles. The van der Waals surface area contributed by atoms with Crippen molar-refractivity contribution in [3.05, 3.63) is 12.2 Å². The molecule has 2 heteroatoms. The molecule has 0 aliphatic carbocycles. The van der Waals surface area contributed by atoms with E-state index in [1.54, 1.807) is 0 Å². The minimum absolute atomic E-state index is 0.331. The Balaban J connectivity index is 3.64. The predicted molar refractivity (Wildman–Crippen MR) is 81.0 cm³/mol. The van der Waals surface area contributed by atoms with Gasteiger partial charge < -0.3 is 4.43 Å². The van der Waals surface area contributed by atoms with Gasteiger partial charge in [0.25, 0.3) is 0 Å².